The molecule has 0 bridgehead atoms. The van der Waals surface area contributed by atoms with Crippen molar-refractivity contribution in [3.8, 4) is 11.6 Å². The third-order valence-electron chi connectivity index (χ3n) is 2.88. The molecule has 20 heavy (non-hydrogen) atoms. The number of nitrogen functional groups attached to an aromatic ring is 1. The number of ether oxygens (including phenoxy) is 1. The molecule has 2 heterocycles. The molecule has 0 saturated heterocycles. The highest BCUT2D eigenvalue weighted by molar-refractivity contribution is 9.11. The molecule has 0 saturated carbocycles. The number of benzene rings is 1. The molecule has 2 N–H and O–H groups in total. The second-order valence-electron chi connectivity index (χ2n) is 4.07. The lowest BCUT2D eigenvalue weighted by Crippen LogP contribution is -2.03. The predicted octanol–water partition coefficient (Wildman–Crippen LogP) is 3.54. The maximum atomic E-state index is 6.04. The van der Waals surface area contributed by atoms with Gasteiger partial charge in [0, 0.05) is 15.0 Å². The van der Waals surface area contributed by atoms with E-state index in [2.05, 4.69) is 41.8 Å². The van der Waals surface area contributed by atoms with E-state index >= 15 is 0 Å². The largest absolute Gasteiger partial charge is 0.481 e. The van der Waals surface area contributed by atoms with Crippen LogP contribution in [0.25, 0.3) is 16.9 Å². The van der Waals surface area contributed by atoms with Crippen LogP contribution in [0.15, 0.2) is 39.3 Å². The number of imidazole rings is 1. The van der Waals surface area contributed by atoms with Crippen LogP contribution in [-0.4, -0.2) is 21.6 Å². The minimum atomic E-state index is 0.369. The van der Waals surface area contributed by atoms with Crippen molar-refractivity contribution in [2.45, 2.75) is 0 Å². The Morgan fingerprint density at radius 1 is 1.10 bits per heavy atom. The molecule has 0 aliphatic rings. The zero-order valence-corrected chi connectivity index (χ0v) is 13.6. The van der Waals surface area contributed by atoms with Gasteiger partial charge < -0.3 is 10.5 Å². The van der Waals surface area contributed by atoms with E-state index in [-0.39, 0.29) is 0 Å². The van der Waals surface area contributed by atoms with E-state index in [0.29, 0.717) is 23.0 Å². The molecule has 102 valence electrons. The van der Waals surface area contributed by atoms with Crippen molar-refractivity contribution in [3.63, 3.8) is 0 Å². The second-order valence-corrected chi connectivity index (χ2v) is 5.78. The van der Waals surface area contributed by atoms with Gasteiger partial charge >= 0.3 is 0 Å². The fourth-order valence-electron chi connectivity index (χ4n) is 1.99. The number of hydrogen-bond acceptors (Lipinski definition) is 4. The van der Waals surface area contributed by atoms with E-state index in [0.717, 1.165) is 14.6 Å². The Balaban J connectivity index is 2.38. The molecule has 2 aromatic heterocycles. The average Bonchev–Trinajstić information content (AvgIpc) is 2.74. The van der Waals surface area contributed by atoms with Gasteiger partial charge in [-0.3, -0.25) is 4.57 Å². The van der Waals surface area contributed by atoms with Gasteiger partial charge in [-0.1, -0.05) is 6.07 Å². The molecule has 3 rings (SSSR count). The van der Waals surface area contributed by atoms with Gasteiger partial charge in [0.1, 0.15) is 5.52 Å². The van der Waals surface area contributed by atoms with Crippen LogP contribution in [-0.2, 0) is 0 Å². The predicted molar refractivity (Wildman–Crippen MR) is 85.2 cm³/mol. The van der Waals surface area contributed by atoms with Crippen LogP contribution in [0, 0.1) is 0 Å². The van der Waals surface area contributed by atoms with Gasteiger partial charge in [-0.2, -0.15) is 4.98 Å². The van der Waals surface area contributed by atoms with Crippen molar-refractivity contribution < 1.29 is 4.74 Å². The summed E-state index contributed by atoms with van der Waals surface area (Å²) in [4.78, 5) is 8.76. The monoisotopic (exact) mass is 396 g/mol. The summed E-state index contributed by atoms with van der Waals surface area (Å²) in [6.45, 7) is 0. The molecule has 0 unspecified atom stereocenters. The van der Waals surface area contributed by atoms with Crippen molar-refractivity contribution in [1.82, 2.24) is 14.5 Å². The molecule has 0 radical (unpaired) electrons. The third-order valence-corrected chi connectivity index (χ3v) is 4.15. The fraction of sp³-hybridized carbons (Fsp3) is 0.0769. The van der Waals surface area contributed by atoms with Gasteiger partial charge in [-0.05, 0) is 50.1 Å². The molecule has 7 heteroatoms. The number of pyridine rings is 1. The topological polar surface area (TPSA) is 66.0 Å². The number of methoxy groups -OCH3 is 1. The first-order chi connectivity index (χ1) is 9.61. The number of nitrogens with zero attached hydrogens (tertiary/aromatic N) is 3. The van der Waals surface area contributed by atoms with Crippen LogP contribution in [0.4, 0.5) is 5.95 Å². The highest BCUT2D eigenvalue weighted by Crippen LogP contribution is 2.33. The van der Waals surface area contributed by atoms with Crippen LogP contribution >= 0.6 is 31.9 Å². The molecular weight excluding hydrogens is 388 g/mol. The number of halogens is 2. The van der Waals surface area contributed by atoms with Gasteiger partial charge in [0.25, 0.3) is 0 Å². The summed E-state index contributed by atoms with van der Waals surface area (Å²) < 4.78 is 8.73. The number of fused-ring (bicyclic) bond motifs is 1. The number of anilines is 1. The van der Waals surface area contributed by atoms with Gasteiger partial charge in [-0.15, -0.1) is 0 Å². The Labute approximate surface area is 132 Å². The Bertz CT molecular complexity index is 780. The van der Waals surface area contributed by atoms with Crippen LogP contribution in [0.5, 0.6) is 5.88 Å². The summed E-state index contributed by atoms with van der Waals surface area (Å²) in [6.07, 6.45) is 0. The van der Waals surface area contributed by atoms with Crippen LogP contribution < -0.4 is 10.5 Å². The van der Waals surface area contributed by atoms with E-state index in [4.69, 9.17) is 10.5 Å². The van der Waals surface area contributed by atoms with E-state index in [1.165, 1.54) is 0 Å². The van der Waals surface area contributed by atoms with Crippen molar-refractivity contribution >= 4 is 49.0 Å². The van der Waals surface area contributed by atoms with Crippen molar-refractivity contribution in [2.24, 2.45) is 0 Å². The average molecular weight is 398 g/mol. The summed E-state index contributed by atoms with van der Waals surface area (Å²) in [5.74, 6) is 0.884. The van der Waals surface area contributed by atoms with E-state index < -0.39 is 0 Å². The molecule has 0 fully saturated rings. The molecule has 0 aliphatic carbocycles. The summed E-state index contributed by atoms with van der Waals surface area (Å²) in [6, 6.07) is 9.39. The molecule has 5 nitrogen and oxygen atoms in total. The third kappa shape index (κ3) is 2.06. The smallest absolute Gasteiger partial charge is 0.215 e. The quantitative estimate of drug-likeness (QED) is 0.718. The van der Waals surface area contributed by atoms with Gasteiger partial charge in [-0.25, -0.2) is 4.98 Å². The van der Waals surface area contributed by atoms with Crippen molar-refractivity contribution in [3.05, 3.63) is 39.3 Å². The number of para-hydroxylation sites is 1. The van der Waals surface area contributed by atoms with Crippen molar-refractivity contribution in [2.75, 3.05) is 12.8 Å². The van der Waals surface area contributed by atoms with Crippen molar-refractivity contribution in [1.29, 1.82) is 0 Å². The number of aromatic nitrogens is 3. The normalized spacial score (nSPS) is 10.9. The summed E-state index contributed by atoms with van der Waals surface area (Å²) >= 11 is 7.06. The maximum Gasteiger partial charge on any atom is 0.215 e. The standard InChI is InChI=1S/C13H10Br2N4O/c1-20-10-6-5-9-12(18-10)19(13(16)17-9)11-7(14)3-2-4-8(11)15/h2-6H,1H3,(H2,16,17). The summed E-state index contributed by atoms with van der Waals surface area (Å²) in [5.41, 5.74) is 8.26. The highest BCUT2D eigenvalue weighted by atomic mass is 79.9. The first-order valence-electron chi connectivity index (χ1n) is 5.75. The minimum absolute atomic E-state index is 0.369. The number of rotatable bonds is 2. The van der Waals surface area contributed by atoms with Gasteiger partial charge in [0.15, 0.2) is 5.65 Å². The highest BCUT2D eigenvalue weighted by Gasteiger charge is 2.16. The summed E-state index contributed by atoms with van der Waals surface area (Å²) in [7, 11) is 1.58. The molecular formula is C13H10Br2N4O. The molecule has 0 spiro atoms. The summed E-state index contributed by atoms with van der Waals surface area (Å²) in [5, 5.41) is 0. The number of hydrogen-bond donors (Lipinski definition) is 1. The lowest BCUT2D eigenvalue weighted by Gasteiger charge is -2.10. The molecule has 0 atom stereocenters. The SMILES string of the molecule is COc1ccc2nc(N)n(-c3c(Br)cccc3Br)c2n1. The second kappa shape index (κ2) is 5.06. The Hall–Kier alpha value is -1.60. The molecule has 0 aliphatic heterocycles. The first kappa shape index (κ1) is 13.4. The Kier molecular flexibility index (Phi) is 3.39. The van der Waals surface area contributed by atoms with Crippen LogP contribution in [0.3, 0.4) is 0 Å². The van der Waals surface area contributed by atoms with E-state index in [1.807, 2.05) is 24.3 Å². The lowest BCUT2D eigenvalue weighted by molar-refractivity contribution is 0.399. The van der Waals surface area contributed by atoms with Crippen LogP contribution in [0.2, 0.25) is 0 Å². The van der Waals surface area contributed by atoms with E-state index in [1.54, 1.807) is 17.7 Å². The van der Waals surface area contributed by atoms with E-state index in [9.17, 15) is 0 Å². The Morgan fingerprint density at radius 3 is 2.45 bits per heavy atom. The zero-order valence-electron chi connectivity index (χ0n) is 10.5. The maximum absolute atomic E-state index is 6.04. The van der Waals surface area contributed by atoms with Gasteiger partial charge in [0.2, 0.25) is 11.8 Å². The zero-order chi connectivity index (χ0) is 14.3. The molecule has 0 amide bonds. The molecule has 3 aromatic rings. The minimum Gasteiger partial charge on any atom is -0.481 e. The van der Waals surface area contributed by atoms with Gasteiger partial charge in [0.05, 0.1) is 12.8 Å². The van der Waals surface area contributed by atoms with Crippen LogP contribution in [0.1, 0.15) is 0 Å². The fourth-order valence-corrected chi connectivity index (χ4v) is 3.35. The lowest BCUT2D eigenvalue weighted by atomic mass is 10.3. The number of nitrogens with two attached hydrogens (primary N) is 1. The Morgan fingerprint density at radius 2 is 1.80 bits per heavy atom. The molecule has 1 aromatic carbocycles. The first-order valence-corrected chi connectivity index (χ1v) is 7.33.